The lowest BCUT2D eigenvalue weighted by Gasteiger charge is -2.11. The molecular formula is C14H16N4O3. The van der Waals surface area contributed by atoms with Gasteiger partial charge in [0.05, 0.1) is 14.2 Å². The van der Waals surface area contributed by atoms with Crippen molar-refractivity contribution in [2.45, 2.75) is 6.92 Å². The van der Waals surface area contributed by atoms with E-state index in [1.807, 2.05) is 19.1 Å². The van der Waals surface area contributed by atoms with Crippen LogP contribution in [0.15, 0.2) is 36.9 Å². The summed E-state index contributed by atoms with van der Waals surface area (Å²) < 4.78 is 11.8. The molecule has 7 nitrogen and oxygen atoms in total. The second kappa shape index (κ2) is 6.56. The van der Waals surface area contributed by atoms with E-state index >= 15 is 0 Å². The van der Waals surface area contributed by atoms with Crippen molar-refractivity contribution < 1.29 is 14.3 Å². The van der Waals surface area contributed by atoms with Crippen molar-refractivity contribution in [2.75, 3.05) is 19.6 Å². The van der Waals surface area contributed by atoms with Crippen LogP contribution >= 0.6 is 0 Å². The number of hydrogen-bond acceptors (Lipinski definition) is 5. The largest absolute Gasteiger partial charge is 0.497 e. The van der Waals surface area contributed by atoms with E-state index in [2.05, 4.69) is 15.6 Å². The van der Waals surface area contributed by atoms with E-state index in [1.165, 1.54) is 23.4 Å². The van der Waals surface area contributed by atoms with Crippen molar-refractivity contribution in [3.63, 3.8) is 0 Å². The van der Waals surface area contributed by atoms with Crippen LogP contribution in [0.4, 0.5) is 0 Å². The number of nitrogens with one attached hydrogen (secondary N) is 1. The van der Waals surface area contributed by atoms with Gasteiger partial charge in [-0.05, 0) is 24.6 Å². The summed E-state index contributed by atoms with van der Waals surface area (Å²) in [6, 6.07) is 5.42. The van der Waals surface area contributed by atoms with Gasteiger partial charge >= 0.3 is 0 Å². The molecule has 0 radical (unpaired) electrons. The number of methoxy groups -OCH3 is 2. The maximum atomic E-state index is 11.9. The van der Waals surface area contributed by atoms with Gasteiger partial charge in [0.25, 0.3) is 5.91 Å². The van der Waals surface area contributed by atoms with Gasteiger partial charge in [0.1, 0.15) is 24.2 Å². The summed E-state index contributed by atoms with van der Waals surface area (Å²) in [6.45, 7) is 1.83. The van der Waals surface area contributed by atoms with Crippen molar-refractivity contribution in [3.05, 3.63) is 42.5 Å². The number of aromatic nitrogens is 3. The van der Waals surface area contributed by atoms with Gasteiger partial charge in [0.2, 0.25) is 0 Å². The molecule has 0 saturated heterocycles. The quantitative estimate of drug-likeness (QED) is 0.843. The summed E-state index contributed by atoms with van der Waals surface area (Å²) in [7, 11) is 3.16. The van der Waals surface area contributed by atoms with Crippen LogP contribution in [-0.2, 0) is 4.79 Å². The highest BCUT2D eigenvalue weighted by Crippen LogP contribution is 2.29. The number of benzene rings is 1. The fourth-order valence-electron chi connectivity index (χ4n) is 1.82. The standard InChI is InChI=1S/C14H16N4O3/c1-10(6-14(19)17-18-8-15-16-9-18)12-5-4-11(20-2)7-13(12)21-3/h4-9H,1-3H3,(H,17,19)/b10-6+. The molecule has 0 saturated carbocycles. The second-order valence-electron chi connectivity index (χ2n) is 4.24. The van der Waals surface area contributed by atoms with Gasteiger partial charge in [0.15, 0.2) is 0 Å². The summed E-state index contributed by atoms with van der Waals surface area (Å²) in [6.07, 6.45) is 4.27. The van der Waals surface area contributed by atoms with E-state index in [1.54, 1.807) is 20.3 Å². The molecule has 1 amide bonds. The minimum Gasteiger partial charge on any atom is -0.497 e. The van der Waals surface area contributed by atoms with Gasteiger partial charge in [-0.1, -0.05) is 0 Å². The molecule has 0 atom stereocenters. The average molecular weight is 288 g/mol. The monoisotopic (exact) mass is 288 g/mol. The zero-order chi connectivity index (χ0) is 15.2. The molecule has 0 bridgehead atoms. The summed E-state index contributed by atoms with van der Waals surface area (Å²) in [4.78, 5) is 11.9. The van der Waals surface area contributed by atoms with Gasteiger partial charge in [-0.3, -0.25) is 10.2 Å². The Morgan fingerprint density at radius 1 is 1.24 bits per heavy atom. The molecular weight excluding hydrogens is 272 g/mol. The minimum atomic E-state index is -0.287. The van der Waals surface area contributed by atoms with Crippen molar-refractivity contribution in [1.82, 2.24) is 14.9 Å². The third-order valence-electron chi connectivity index (χ3n) is 2.84. The Morgan fingerprint density at radius 3 is 2.57 bits per heavy atom. The zero-order valence-corrected chi connectivity index (χ0v) is 12.0. The smallest absolute Gasteiger partial charge is 0.263 e. The Balaban J connectivity index is 2.20. The normalized spacial score (nSPS) is 11.1. The van der Waals surface area contributed by atoms with Crippen LogP contribution in [0.25, 0.3) is 5.57 Å². The first-order chi connectivity index (χ1) is 10.1. The Morgan fingerprint density at radius 2 is 1.95 bits per heavy atom. The number of allylic oxidation sites excluding steroid dienone is 1. The number of carbonyl (C=O) groups excluding carboxylic acids is 1. The second-order valence-corrected chi connectivity index (χ2v) is 4.24. The highest BCUT2D eigenvalue weighted by molar-refractivity contribution is 6.00. The average Bonchev–Trinajstić information content (AvgIpc) is 2.99. The first-order valence-electron chi connectivity index (χ1n) is 6.20. The number of carbonyl (C=O) groups is 1. The maximum Gasteiger partial charge on any atom is 0.263 e. The highest BCUT2D eigenvalue weighted by atomic mass is 16.5. The van der Waals surface area contributed by atoms with Gasteiger partial charge in [-0.15, -0.1) is 10.2 Å². The van der Waals surface area contributed by atoms with E-state index in [4.69, 9.17) is 9.47 Å². The molecule has 0 aliphatic rings. The van der Waals surface area contributed by atoms with Crippen molar-refractivity contribution in [3.8, 4) is 11.5 Å². The number of ether oxygens (including phenoxy) is 2. The SMILES string of the molecule is COc1ccc(/C(C)=C/C(=O)Nn2cnnc2)c(OC)c1. The first kappa shape index (κ1) is 14.6. The maximum absolute atomic E-state index is 11.9. The van der Waals surface area contributed by atoms with Crippen LogP contribution in [0, 0.1) is 0 Å². The van der Waals surface area contributed by atoms with Gasteiger partial charge < -0.3 is 9.47 Å². The molecule has 0 aliphatic carbocycles. The summed E-state index contributed by atoms with van der Waals surface area (Å²) >= 11 is 0. The molecule has 0 unspecified atom stereocenters. The number of hydrogen-bond donors (Lipinski definition) is 1. The van der Waals surface area contributed by atoms with Gasteiger partial charge in [0, 0.05) is 17.7 Å². The Labute approximate surface area is 122 Å². The molecule has 2 rings (SSSR count). The molecule has 1 N–H and O–H groups in total. The fourth-order valence-corrected chi connectivity index (χ4v) is 1.82. The number of nitrogens with zero attached hydrogens (tertiary/aromatic N) is 3. The number of rotatable bonds is 5. The van der Waals surface area contributed by atoms with Crippen LogP contribution < -0.4 is 14.9 Å². The van der Waals surface area contributed by atoms with Gasteiger partial charge in [-0.25, -0.2) is 4.68 Å². The van der Waals surface area contributed by atoms with Crippen molar-refractivity contribution >= 4 is 11.5 Å². The molecule has 21 heavy (non-hydrogen) atoms. The topological polar surface area (TPSA) is 78.3 Å². The third-order valence-corrected chi connectivity index (χ3v) is 2.84. The van der Waals surface area contributed by atoms with E-state index in [-0.39, 0.29) is 5.91 Å². The predicted molar refractivity (Wildman–Crippen MR) is 77.6 cm³/mol. The molecule has 1 aromatic carbocycles. The van der Waals surface area contributed by atoms with Crippen LogP contribution in [0.3, 0.4) is 0 Å². The molecule has 0 spiro atoms. The summed E-state index contributed by atoms with van der Waals surface area (Å²) in [5, 5.41) is 7.21. The van der Waals surface area contributed by atoms with Gasteiger partial charge in [-0.2, -0.15) is 0 Å². The van der Waals surface area contributed by atoms with Crippen LogP contribution in [-0.4, -0.2) is 35.0 Å². The molecule has 110 valence electrons. The molecule has 1 heterocycles. The molecule has 0 aliphatic heterocycles. The Bertz CT molecular complexity index is 650. The highest BCUT2D eigenvalue weighted by Gasteiger charge is 2.08. The van der Waals surface area contributed by atoms with E-state index in [0.29, 0.717) is 11.5 Å². The number of amides is 1. The predicted octanol–water partition coefficient (Wildman–Crippen LogP) is 1.47. The third kappa shape index (κ3) is 3.59. The Kier molecular flexibility index (Phi) is 4.55. The molecule has 0 fully saturated rings. The lowest BCUT2D eigenvalue weighted by Crippen LogP contribution is -2.19. The van der Waals surface area contributed by atoms with Crippen molar-refractivity contribution in [1.29, 1.82) is 0 Å². The summed E-state index contributed by atoms with van der Waals surface area (Å²) in [5.74, 6) is 1.04. The van der Waals surface area contributed by atoms with Crippen LogP contribution in [0.1, 0.15) is 12.5 Å². The first-order valence-corrected chi connectivity index (χ1v) is 6.20. The van der Waals surface area contributed by atoms with Crippen LogP contribution in [0.5, 0.6) is 11.5 Å². The van der Waals surface area contributed by atoms with Crippen LogP contribution in [0.2, 0.25) is 0 Å². The van der Waals surface area contributed by atoms with Crippen molar-refractivity contribution in [2.24, 2.45) is 0 Å². The lowest BCUT2D eigenvalue weighted by atomic mass is 10.1. The molecule has 2 aromatic rings. The Hall–Kier alpha value is -2.83. The van der Waals surface area contributed by atoms with E-state index in [0.717, 1.165) is 11.1 Å². The summed E-state index contributed by atoms with van der Waals surface area (Å²) in [5.41, 5.74) is 4.17. The molecule has 7 heteroatoms. The van der Waals surface area contributed by atoms with E-state index in [9.17, 15) is 4.79 Å². The minimum absolute atomic E-state index is 0.287. The van der Waals surface area contributed by atoms with E-state index < -0.39 is 0 Å². The zero-order valence-electron chi connectivity index (χ0n) is 12.0. The fraction of sp³-hybridized carbons (Fsp3) is 0.214. The lowest BCUT2D eigenvalue weighted by molar-refractivity contribution is -0.112. The molecule has 1 aromatic heterocycles.